The van der Waals surface area contributed by atoms with Crippen LogP contribution < -0.4 is 14.8 Å². The van der Waals surface area contributed by atoms with Gasteiger partial charge in [0.15, 0.2) is 11.5 Å². The normalized spacial score (nSPS) is 12.0. The molecule has 0 aliphatic heterocycles. The molecule has 0 saturated carbocycles. The third-order valence-electron chi connectivity index (χ3n) is 3.40. The van der Waals surface area contributed by atoms with E-state index in [1.807, 2.05) is 31.3 Å². The van der Waals surface area contributed by atoms with Crippen LogP contribution in [0.2, 0.25) is 0 Å². The van der Waals surface area contributed by atoms with Crippen molar-refractivity contribution in [3.63, 3.8) is 0 Å². The topological polar surface area (TPSA) is 30.5 Å². The number of ether oxygens (including phenoxy) is 2. The van der Waals surface area contributed by atoms with Gasteiger partial charge in [0.05, 0.1) is 7.11 Å². The van der Waals surface area contributed by atoms with Crippen LogP contribution in [0.4, 0.5) is 4.39 Å². The van der Waals surface area contributed by atoms with Crippen molar-refractivity contribution in [3.05, 3.63) is 59.4 Å². The van der Waals surface area contributed by atoms with Crippen LogP contribution in [0.25, 0.3) is 0 Å². The first-order valence-electron chi connectivity index (χ1n) is 6.86. The zero-order valence-electron chi connectivity index (χ0n) is 12.5. The van der Waals surface area contributed by atoms with E-state index in [9.17, 15) is 4.39 Å². The number of rotatable bonds is 6. The maximum Gasteiger partial charge on any atom is 0.161 e. The molecule has 0 aromatic heterocycles. The summed E-state index contributed by atoms with van der Waals surface area (Å²) >= 11 is 0. The molecule has 0 saturated heterocycles. The summed E-state index contributed by atoms with van der Waals surface area (Å²) in [5, 5.41) is 3.18. The summed E-state index contributed by atoms with van der Waals surface area (Å²) in [5.41, 5.74) is 1.90. The molecule has 4 heteroatoms. The van der Waals surface area contributed by atoms with Gasteiger partial charge in [-0.05, 0) is 49.4 Å². The van der Waals surface area contributed by atoms with E-state index >= 15 is 0 Å². The Hall–Kier alpha value is -2.07. The van der Waals surface area contributed by atoms with Crippen molar-refractivity contribution >= 4 is 0 Å². The molecular weight excluding hydrogens is 269 g/mol. The molecular formula is C17H20FNO2. The summed E-state index contributed by atoms with van der Waals surface area (Å²) in [6.07, 6.45) is 0. The minimum atomic E-state index is -0.263. The average Bonchev–Trinajstić information content (AvgIpc) is 2.52. The molecule has 0 aliphatic rings. The van der Waals surface area contributed by atoms with Crippen molar-refractivity contribution in [2.75, 3.05) is 14.2 Å². The minimum absolute atomic E-state index is 0.233. The zero-order valence-corrected chi connectivity index (χ0v) is 12.5. The van der Waals surface area contributed by atoms with Crippen LogP contribution >= 0.6 is 0 Å². The number of nitrogens with one attached hydrogen (secondary N) is 1. The number of methoxy groups -OCH3 is 1. The van der Waals surface area contributed by atoms with Crippen molar-refractivity contribution in [3.8, 4) is 11.5 Å². The second-order valence-electron chi connectivity index (χ2n) is 4.84. The van der Waals surface area contributed by atoms with Gasteiger partial charge in [0, 0.05) is 6.04 Å². The Kier molecular flexibility index (Phi) is 5.17. The van der Waals surface area contributed by atoms with Crippen LogP contribution in [0.1, 0.15) is 24.1 Å². The molecule has 2 rings (SSSR count). The van der Waals surface area contributed by atoms with Gasteiger partial charge >= 0.3 is 0 Å². The van der Waals surface area contributed by atoms with Crippen molar-refractivity contribution in [2.45, 2.75) is 19.6 Å². The van der Waals surface area contributed by atoms with Gasteiger partial charge in [-0.25, -0.2) is 4.39 Å². The Morgan fingerprint density at radius 2 is 1.95 bits per heavy atom. The number of halogens is 1. The van der Waals surface area contributed by atoms with Crippen LogP contribution in [0.3, 0.4) is 0 Å². The highest BCUT2D eigenvalue weighted by Crippen LogP contribution is 2.30. The van der Waals surface area contributed by atoms with E-state index in [0.717, 1.165) is 11.1 Å². The van der Waals surface area contributed by atoms with Crippen molar-refractivity contribution in [1.29, 1.82) is 0 Å². The number of hydrogen-bond donors (Lipinski definition) is 1. The smallest absolute Gasteiger partial charge is 0.161 e. The Labute approximate surface area is 124 Å². The standard InChI is InChI=1S/C17H20FNO2/c1-12(19-2)14-7-8-16(17(10-14)20-3)21-11-13-5-4-6-15(18)9-13/h4-10,12,19H,11H2,1-3H3. The second-order valence-corrected chi connectivity index (χ2v) is 4.84. The molecule has 21 heavy (non-hydrogen) atoms. The first-order valence-corrected chi connectivity index (χ1v) is 6.86. The Morgan fingerprint density at radius 1 is 1.14 bits per heavy atom. The largest absolute Gasteiger partial charge is 0.493 e. The summed E-state index contributed by atoms with van der Waals surface area (Å²) in [7, 11) is 3.52. The van der Waals surface area contributed by atoms with Crippen LogP contribution in [0, 0.1) is 5.82 Å². The predicted octanol–water partition coefficient (Wildman–Crippen LogP) is 3.69. The van der Waals surface area contributed by atoms with E-state index in [1.54, 1.807) is 13.2 Å². The summed E-state index contributed by atoms with van der Waals surface area (Å²) < 4.78 is 24.2. The van der Waals surface area contributed by atoms with Crippen LogP contribution in [0.5, 0.6) is 11.5 Å². The Bertz CT molecular complexity index is 601. The van der Waals surface area contributed by atoms with Gasteiger partial charge in [0.2, 0.25) is 0 Å². The molecule has 0 radical (unpaired) electrons. The lowest BCUT2D eigenvalue weighted by Crippen LogP contribution is -2.12. The fourth-order valence-corrected chi connectivity index (χ4v) is 2.03. The Balaban J connectivity index is 2.12. The molecule has 2 aromatic carbocycles. The highest BCUT2D eigenvalue weighted by atomic mass is 19.1. The highest BCUT2D eigenvalue weighted by molar-refractivity contribution is 5.43. The van der Waals surface area contributed by atoms with E-state index in [-0.39, 0.29) is 11.9 Å². The number of benzene rings is 2. The molecule has 1 unspecified atom stereocenters. The average molecular weight is 289 g/mol. The quantitative estimate of drug-likeness (QED) is 0.879. The molecule has 3 nitrogen and oxygen atoms in total. The van der Waals surface area contributed by atoms with Gasteiger partial charge in [0.25, 0.3) is 0 Å². The van der Waals surface area contributed by atoms with Gasteiger partial charge < -0.3 is 14.8 Å². The van der Waals surface area contributed by atoms with E-state index in [4.69, 9.17) is 9.47 Å². The third kappa shape index (κ3) is 3.95. The summed E-state index contributed by atoms with van der Waals surface area (Å²) in [6, 6.07) is 12.4. The van der Waals surface area contributed by atoms with Gasteiger partial charge in [-0.3, -0.25) is 0 Å². The van der Waals surface area contributed by atoms with Gasteiger partial charge in [0.1, 0.15) is 12.4 Å². The van der Waals surface area contributed by atoms with Crippen LogP contribution in [-0.4, -0.2) is 14.2 Å². The molecule has 0 amide bonds. The fourth-order valence-electron chi connectivity index (χ4n) is 2.03. The molecule has 1 N–H and O–H groups in total. The molecule has 112 valence electrons. The van der Waals surface area contributed by atoms with Crippen molar-refractivity contribution < 1.29 is 13.9 Å². The van der Waals surface area contributed by atoms with Gasteiger partial charge in [-0.1, -0.05) is 18.2 Å². The lowest BCUT2D eigenvalue weighted by atomic mass is 10.1. The fraction of sp³-hybridized carbons (Fsp3) is 0.294. The van der Waals surface area contributed by atoms with Crippen molar-refractivity contribution in [1.82, 2.24) is 5.32 Å². The number of hydrogen-bond acceptors (Lipinski definition) is 3. The van der Waals surface area contributed by atoms with Crippen LogP contribution in [-0.2, 0) is 6.61 Å². The molecule has 0 heterocycles. The van der Waals surface area contributed by atoms with Gasteiger partial charge in [-0.15, -0.1) is 0 Å². The molecule has 0 bridgehead atoms. The predicted molar refractivity (Wildman–Crippen MR) is 81.2 cm³/mol. The first-order chi connectivity index (χ1) is 10.1. The monoisotopic (exact) mass is 289 g/mol. The first kappa shape index (κ1) is 15.3. The van der Waals surface area contributed by atoms with Crippen LogP contribution in [0.15, 0.2) is 42.5 Å². The summed E-state index contributed by atoms with van der Waals surface area (Å²) in [5.74, 6) is 1.06. The van der Waals surface area contributed by atoms with Crippen molar-refractivity contribution in [2.24, 2.45) is 0 Å². The van der Waals surface area contributed by atoms with Gasteiger partial charge in [-0.2, -0.15) is 0 Å². The lowest BCUT2D eigenvalue weighted by Gasteiger charge is -2.15. The molecule has 0 spiro atoms. The maximum atomic E-state index is 13.1. The minimum Gasteiger partial charge on any atom is -0.493 e. The summed E-state index contributed by atoms with van der Waals surface area (Å²) in [4.78, 5) is 0. The SMILES string of the molecule is CNC(C)c1ccc(OCc2cccc(F)c2)c(OC)c1. The third-order valence-corrected chi connectivity index (χ3v) is 3.40. The maximum absolute atomic E-state index is 13.1. The van der Waals surface area contributed by atoms with E-state index in [2.05, 4.69) is 12.2 Å². The highest BCUT2D eigenvalue weighted by Gasteiger charge is 2.09. The Morgan fingerprint density at radius 3 is 2.62 bits per heavy atom. The molecule has 0 fully saturated rings. The van der Waals surface area contributed by atoms with E-state index < -0.39 is 0 Å². The second kappa shape index (κ2) is 7.09. The van der Waals surface area contributed by atoms with E-state index in [0.29, 0.717) is 18.1 Å². The lowest BCUT2D eigenvalue weighted by molar-refractivity contribution is 0.283. The van der Waals surface area contributed by atoms with E-state index in [1.165, 1.54) is 12.1 Å². The molecule has 2 aromatic rings. The molecule has 1 atom stereocenters. The summed E-state index contributed by atoms with van der Waals surface area (Å²) in [6.45, 7) is 2.37. The molecule has 0 aliphatic carbocycles. The zero-order chi connectivity index (χ0) is 15.2.